The summed E-state index contributed by atoms with van der Waals surface area (Å²) in [6, 6.07) is 0.658. The molecule has 2 aliphatic carbocycles. The molecule has 6 atom stereocenters. The Bertz CT molecular complexity index is 318. The quantitative estimate of drug-likeness (QED) is 0.776. The van der Waals surface area contributed by atoms with Crippen molar-refractivity contribution in [1.29, 1.82) is 0 Å². The fourth-order valence-electron chi connectivity index (χ4n) is 3.97. The highest BCUT2D eigenvalue weighted by molar-refractivity contribution is 5.81. The van der Waals surface area contributed by atoms with Crippen LogP contribution in [0.2, 0.25) is 0 Å². The second kappa shape index (κ2) is 6.25. The van der Waals surface area contributed by atoms with Gasteiger partial charge in [-0.25, -0.2) is 0 Å². The summed E-state index contributed by atoms with van der Waals surface area (Å²) < 4.78 is 0. The highest BCUT2D eigenvalue weighted by atomic mass is 16.2. The monoisotopic (exact) mass is 266 g/mol. The maximum absolute atomic E-state index is 12.0. The minimum atomic E-state index is -0.0804. The third kappa shape index (κ3) is 3.50. The van der Waals surface area contributed by atoms with Crippen LogP contribution in [-0.4, -0.2) is 24.0 Å². The van der Waals surface area contributed by atoms with Crippen LogP contribution in [0, 0.1) is 17.8 Å². The number of amides is 1. The summed E-state index contributed by atoms with van der Waals surface area (Å²) in [7, 11) is 0. The van der Waals surface area contributed by atoms with Crippen LogP contribution in [0.4, 0.5) is 0 Å². The van der Waals surface area contributed by atoms with Crippen molar-refractivity contribution >= 4 is 5.91 Å². The van der Waals surface area contributed by atoms with Gasteiger partial charge in [0.05, 0.1) is 6.04 Å². The molecule has 0 saturated heterocycles. The van der Waals surface area contributed by atoms with Gasteiger partial charge >= 0.3 is 0 Å². The Kier molecular flexibility index (Phi) is 4.88. The van der Waals surface area contributed by atoms with Crippen molar-refractivity contribution in [3.63, 3.8) is 0 Å². The predicted octanol–water partition coefficient (Wildman–Crippen LogP) is 2.70. The Labute approximate surface area is 117 Å². The van der Waals surface area contributed by atoms with Crippen molar-refractivity contribution in [2.24, 2.45) is 17.8 Å². The van der Waals surface area contributed by atoms with E-state index < -0.39 is 0 Å². The zero-order chi connectivity index (χ0) is 14.0. The summed E-state index contributed by atoms with van der Waals surface area (Å²) in [6.07, 6.45) is 6.65. The molecule has 0 heterocycles. The normalized spacial score (nSPS) is 34.0. The summed E-state index contributed by atoms with van der Waals surface area (Å²) in [6.45, 7) is 8.41. The number of carbonyl (C=O) groups excluding carboxylic acids is 1. The molecular weight excluding hydrogens is 236 g/mol. The van der Waals surface area contributed by atoms with Crippen LogP contribution in [0.3, 0.4) is 0 Å². The molecule has 0 aromatic carbocycles. The van der Waals surface area contributed by atoms with E-state index in [2.05, 4.69) is 31.4 Å². The highest BCUT2D eigenvalue weighted by Crippen LogP contribution is 2.49. The Morgan fingerprint density at radius 1 is 1.21 bits per heavy atom. The number of carbonyl (C=O) groups is 1. The van der Waals surface area contributed by atoms with E-state index in [1.807, 2.05) is 6.92 Å². The van der Waals surface area contributed by atoms with Crippen LogP contribution in [0.25, 0.3) is 0 Å². The molecule has 3 heteroatoms. The molecule has 2 saturated carbocycles. The van der Waals surface area contributed by atoms with Crippen molar-refractivity contribution in [1.82, 2.24) is 10.6 Å². The van der Waals surface area contributed by atoms with Crippen LogP contribution >= 0.6 is 0 Å². The molecule has 0 aromatic heterocycles. The molecule has 19 heavy (non-hydrogen) atoms. The standard InChI is InChI=1S/C16H30N2O/c1-5-10(2)17-16(19)12(4)18-11(3)15-9-13-6-7-14(15)8-13/h10-15,18H,5-9H2,1-4H3,(H,17,19). The van der Waals surface area contributed by atoms with Gasteiger partial charge in [0.25, 0.3) is 0 Å². The smallest absolute Gasteiger partial charge is 0.237 e. The average molecular weight is 266 g/mol. The van der Waals surface area contributed by atoms with Crippen molar-refractivity contribution < 1.29 is 4.79 Å². The zero-order valence-corrected chi connectivity index (χ0v) is 12.9. The van der Waals surface area contributed by atoms with Gasteiger partial charge in [-0.2, -0.15) is 0 Å². The van der Waals surface area contributed by atoms with Gasteiger partial charge in [0.2, 0.25) is 5.91 Å². The highest BCUT2D eigenvalue weighted by Gasteiger charge is 2.42. The molecule has 3 nitrogen and oxygen atoms in total. The number of fused-ring (bicyclic) bond motifs is 2. The minimum absolute atomic E-state index is 0.0804. The molecule has 1 amide bonds. The molecule has 2 aliphatic rings. The lowest BCUT2D eigenvalue weighted by atomic mass is 9.84. The molecule has 0 aliphatic heterocycles. The molecule has 2 bridgehead atoms. The van der Waals surface area contributed by atoms with Crippen LogP contribution in [-0.2, 0) is 4.79 Å². The van der Waals surface area contributed by atoms with Gasteiger partial charge in [-0.05, 0) is 64.2 Å². The fourth-order valence-corrected chi connectivity index (χ4v) is 3.97. The van der Waals surface area contributed by atoms with Crippen molar-refractivity contribution in [2.75, 3.05) is 0 Å². The van der Waals surface area contributed by atoms with Crippen molar-refractivity contribution in [2.45, 2.75) is 77.9 Å². The van der Waals surface area contributed by atoms with Gasteiger partial charge in [0, 0.05) is 12.1 Å². The maximum atomic E-state index is 12.0. The number of hydrogen-bond acceptors (Lipinski definition) is 2. The summed E-state index contributed by atoms with van der Waals surface area (Å²) >= 11 is 0. The maximum Gasteiger partial charge on any atom is 0.237 e. The number of hydrogen-bond donors (Lipinski definition) is 2. The topological polar surface area (TPSA) is 41.1 Å². The predicted molar refractivity (Wildman–Crippen MR) is 78.9 cm³/mol. The summed E-state index contributed by atoms with van der Waals surface area (Å²) in [5, 5.41) is 6.58. The van der Waals surface area contributed by atoms with Gasteiger partial charge in [-0.3, -0.25) is 4.79 Å². The largest absolute Gasteiger partial charge is 0.352 e. The van der Waals surface area contributed by atoms with Crippen molar-refractivity contribution in [3.8, 4) is 0 Å². The number of rotatable bonds is 6. The lowest BCUT2D eigenvalue weighted by Gasteiger charge is -2.31. The number of nitrogens with one attached hydrogen (secondary N) is 2. The Morgan fingerprint density at radius 2 is 1.95 bits per heavy atom. The van der Waals surface area contributed by atoms with Crippen molar-refractivity contribution in [3.05, 3.63) is 0 Å². The molecule has 110 valence electrons. The van der Waals surface area contributed by atoms with Gasteiger partial charge in [0.1, 0.15) is 0 Å². The summed E-state index contributed by atoms with van der Waals surface area (Å²) in [5.41, 5.74) is 0. The van der Waals surface area contributed by atoms with Gasteiger partial charge in [-0.1, -0.05) is 13.3 Å². The van der Waals surface area contributed by atoms with Crippen LogP contribution < -0.4 is 10.6 Å². The molecule has 0 radical (unpaired) electrons. The first-order chi connectivity index (χ1) is 9.01. The first-order valence-electron chi connectivity index (χ1n) is 8.07. The lowest BCUT2D eigenvalue weighted by molar-refractivity contribution is -0.123. The van der Waals surface area contributed by atoms with E-state index in [-0.39, 0.29) is 18.0 Å². The third-order valence-electron chi connectivity index (χ3n) is 5.34. The second-order valence-corrected chi connectivity index (χ2v) is 6.83. The molecular formula is C16H30N2O. The third-order valence-corrected chi connectivity index (χ3v) is 5.34. The zero-order valence-electron chi connectivity index (χ0n) is 12.9. The van der Waals surface area contributed by atoms with E-state index in [9.17, 15) is 4.79 Å². The molecule has 2 N–H and O–H groups in total. The average Bonchev–Trinajstić information content (AvgIpc) is 3.00. The van der Waals surface area contributed by atoms with Gasteiger partial charge < -0.3 is 10.6 Å². The van der Waals surface area contributed by atoms with E-state index in [1.54, 1.807) is 0 Å². The Morgan fingerprint density at radius 3 is 2.47 bits per heavy atom. The van der Waals surface area contributed by atoms with E-state index in [1.165, 1.54) is 25.7 Å². The second-order valence-electron chi connectivity index (χ2n) is 6.83. The van der Waals surface area contributed by atoms with E-state index in [0.717, 1.165) is 24.2 Å². The van der Waals surface area contributed by atoms with E-state index >= 15 is 0 Å². The molecule has 0 spiro atoms. The molecule has 2 rings (SSSR count). The van der Waals surface area contributed by atoms with Crippen LogP contribution in [0.15, 0.2) is 0 Å². The van der Waals surface area contributed by atoms with E-state index in [0.29, 0.717) is 6.04 Å². The first-order valence-corrected chi connectivity index (χ1v) is 8.07. The Hall–Kier alpha value is -0.570. The molecule has 2 fully saturated rings. The van der Waals surface area contributed by atoms with Gasteiger partial charge in [0.15, 0.2) is 0 Å². The fraction of sp³-hybridized carbons (Fsp3) is 0.938. The van der Waals surface area contributed by atoms with Crippen LogP contribution in [0.5, 0.6) is 0 Å². The minimum Gasteiger partial charge on any atom is -0.352 e. The first kappa shape index (κ1) is 14.8. The van der Waals surface area contributed by atoms with Crippen LogP contribution in [0.1, 0.15) is 59.8 Å². The SMILES string of the molecule is CCC(C)NC(=O)C(C)NC(C)C1CC2CCC1C2. The van der Waals surface area contributed by atoms with E-state index in [4.69, 9.17) is 0 Å². The van der Waals surface area contributed by atoms with Gasteiger partial charge in [-0.15, -0.1) is 0 Å². The summed E-state index contributed by atoms with van der Waals surface area (Å²) in [5.74, 6) is 2.82. The lowest BCUT2D eigenvalue weighted by Crippen LogP contribution is -2.50. The molecule has 0 aromatic rings. The summed E-state index contributed by atoms with van der Waals surface area (Å²) in [4.78, 5) is 12.0. The Balaban J connectivity index is 1.78. The molecule has 6 unspecified atom stereocenters.